The van der Waals surface area contributed by atoms with Crippen LogP contribution in [-0.4, -0.2) is 36.0 Å². The van der Waals surface area contributed by atoms with Gasteiger partial charge in [-0.3, -0.25) is 4.79 Å². The van der Waals surface area contributed by atoms with Crippen molar-refractivity contribution >= 4 is 16.8 Å². The number of carbonyl (C=O) groups excluding carboxylic acids is 1. The lowest BCUT2D eigenvalue weighted by molar-refractivity contribution is 0.0934. The van der Waals surface area contributed by atoms with Crippen molar-refractivity contribution in [3.63, 3.8) is 0 Å². The highest BCUT2D eigenvalue weighted by molar-refractivity contribution is 6.07. The second-order valence-electron chi connectivity index (χ2n) is 7.67. The number of hydrogen-bond acceptors (Lipinski definition) is 2. The van der Waals surface area contributed by atoms with Crippen LogP contribution in [0.15, 0.2) is 54.7 Å². The average molecular weight is 361 g/mol. The lowest BCUT2D eigenvalue weighted by Crippen LogP contribution is -2.30. The smallest absolute Gasteiger partial charge is 0.253 e. The topological polar surface area (TPSA) is 37.3 Å². The highest BCUT2D eigenvalue weighted by Gasteiger charge is 2.23. The van der Waals surface area contributed by atoms with Crippen LogP contribution in [0.3, 0.4) is 0 Å². The molecule has 4 nitrogen and oxygen atoms in total. The van der Waals surface area contributed by atoms with E-state index >= 15 is 0 Å². The highest BCUT2D eigenvalue weighted by Crippen LogP contribution is 2.30. The predicted octanol–water partition coefficient (Wildman–Crippen LogP) is 4.01. The Bertz CT molecular complexity index is 957. The van der Waals surface area contributed by atoms with E-state index in [1.54, 1.807) is 0 Å². The number of carbonyl (C=O) groups is 1. The molecule has 1 amide bonds. The number of nitrogens with zero attached hydrogens (tertiary/aromatic N) is 2. The SMILES string of the molecule is CN(C)CCn1cc(C(=O)N[C@H]2CCCc3ccccc32)c2ccccc21. The zero-order chi connectivity index (χ0) is 18.8. The second kappa shape index (κ2) is 7.57. The number of para-hydroxylation sites is 1. The van der Waals surface area contributed by atoms with Gasteiger partial charge in [0.05, 0.1) is 11.6 Å². The van der Waals surface area contributed by atoms with E-state index in [2.05, 4.69) is 59.2 Å². The molecule has 1 aliphatic rings. The molecule has 0 saturated heterocycles. The Kier molecular flexibility index (Phi) is 4.99. The molecular weight excluding hydrogens is 334 g/mol. The molecule has 0 spiro atoms. The zero-order valence-corrected chi connectivity index (χ0v) is 16.1. The first-order valence-corrected chi connectivity index (χ1v) is 9.75. The van der Waals surface area contributed by atoms with Crippen LogP contribution >= 0.6 is 0 Å². The van der Waals surface area contributed by atoms with Gasteiger partial charge in [0, 0.05) is 30.2 Å². The average Bonchev–Trinajstić information content (AvgIpc) is 3.06. The van der Waals surface area contributed by atoms with Crippen molar-refractivity contribution in [3.05, 3.63) is 71.4 Å². The molecular formula is C23H27N3O. The van der Waals surface area contributed by atoms with Gasteiger partial charge < -0.3 is 14.8 Å². The van der Waals surface area contributed by atoms with Crippen molar-refractivity contribution in [2.45, 2.75) is 31.8 Å². The maximum atomic E-state index is 13.2. The van der Waals surface area contributed by atoms with E-state index in [0.717, 1.165) is 48.8 Å². The molecule has 0 aliphatic heterocycles. The van der Waals surface area contributed by atoms with E-state index in [-0.39, 0.29) is 11.9 Å². The predicted molar refractivity (Wildman–Crippen MR) is 110 cm³/mol. The van der Waals surface area contributed by atoms with Crippen LogP contribution in [0, 0.1) is 0 Å². The lowest BCUT2D eigenvalue weighted by Gasteiger charge is -2.26. The number of amides is 1. The van der Waals surface area contributed by atoms with Crippen molar-refractivity contribution in [1.82, 2.24) is 14.8 Å². The van der Waals surface area contributed by atoms with Crippen LogP contribution in [0.2, 0.25) is 0 Å². The number of likely N-dealkylation sites (N-methyl/N-ethyl adjacent to an activating group) is 1. The first-order chi connectivity index (χ1) is 13.1. The van der Waals surface area contributed by atoms with Gasteiger partial charge in [0.15, 0.2) is 0 Å². The van der Waals surface area contributed by atoms with Gasteiger partial charge in [-0.15, -0.1) is 0 Å². The van der Waals surface area contributed by atoms with Crippen molar-refractivity contribution in [2.75, 3.05) is 20.6 Å². The minimum absolute atomic E-state index is 0.0245. The van der Waals surface area contributed by atoms with Crippen molar-refractivity contribution < 1.29 is 4.79 Å². The fourth-order valence-electron chi connectivity index (χ4n) is 4.06. The van der Waals surface area contributed by atoms with Crippen LogP contribution in [0.1, 0.15) is 40.4 Å². The van der Waals surface area contributed by atoms with Gasteiger partial charge in [-0.2, -0.15) is 0 Å². The molecule has 0 radical (unpaired) electrons. The Morgan fingerprint density at radius 2 is 1.93 bits per heavy atom. The second-order valence-corrected chi connectivity index (χ2v) is 7.67. The molecule has 0 fully saturated rings. The Morgan fingerprint density at radius 3 is 2.78 bits per heavy atom. The molecule has 0 bridgehead atoms. The first kappa shape index (κ1) is 17.8. The minimum atomic E-state index is 0.0245. The summed E-state index contributed by atoms with van der Waals surface area (Å²) in [6.45, 7) is 1.81. The van der Waals surface area contributed by atoms with Gasteiger partial charge >= 0.3 is 0 Å². The summed E-state index contributed by atoms with van der Waals surface area (Å²) in [5.41, 5.74) is 4.52. The van der Waals surface area contributed by atoms with Gasteiger partial charge in [-0.25, -0.2) is 0 Å². The maximum absolute atomic E-state index is 13.2. The standard InChI is InChI=1S/C23H27N3O/c1-25(2)14-15-26-16-20(19-11-5-6-13-22(19)26)23(27)24-21-12-7-9-17-8-3-4-10-18(17)21/h3-6,8,10-11,13,16,21H,7,9,12,14-15H2,1-2H3,(H,24,27)/t21-/m0/s1. The Labute approximate surface area is 160 Å². The third kappa shape index (κ3) is 3.62. The molecule has 4 rings (SSSR count). The molecule has 1 N–H and O–H groups in total. The van der Waals surface area contributed by atoms with E-state index in [1.165, 1.54) is 11.1 Å². The third-order valence-corrected chi connectivity index (χ3v) is 5.50. The molecule has 4 heteroatoms. The van der Waals surface area contributed by atoms with E-state index < -0.39 is 0 Å². The molecule has 3 aromatic rings. The molecule has 1 aromatic heterocycles. The number of rotatable bonds is 5. The number of aromatic nitrogens is 1. The minimum Gasteiger partial charge on any atom is -0.345 e. The lowest BCUT2D eigenvalue weighted by atomic mass is 9.87. The van der Waals surface area contributed by atoms with Crippen LogP contribution in [-0.2, 0) is 13.0 Å². The molecule has 0 unspecified atom stereocenters. The monoisotopic (exact) mass is 361 g/mol. The van der Waals surface area contributed by atoms with Gasteiger partial charge in [-0.05, 0) is 50.6 Å². The summed E-state index contributed by atoms with van der Waals surface area (Å²) >= 11 is 0. The molecule has 2 aromatic carbocycles. The van der Waals surface area contributed by atoms with Crippen LogP contribution in [0.4, 0.5) is 0 Å². The molecule has 140 valence electrons. The van der Waals surface area contributed by atoms with Gasteiger partial charge in [0.25, 0.3) is 5.91 Å². The summed E-state index contributed by atoms with van der Waals surface area (Å²) in [5.74, 6) is 0.0245. The van der Waals surface area contributed by atoms with Gasteiger partial charge in [0.2, 0.25) is 0 Å². The molecule has 27 heavy (non-hydrogen) atoms. The summed E-state index contributed by atoms with van der Waals surface area (Å²) in [6.07, 6.45) is 5.24. The van der Waals surface area contributed by atoms with Crippen molar-refractivity contribution in [3.8, 4) is 0 Å². The van der Waals surface area contributed by atoms with Crippen molar-refractivity contribution in [1.29, 1.82) is 0 Å². The summed E-state index contributed by atoms with van der Waals surface area (Å²) in [6, 6.07) is 16.8. The number of benzene rings is 2. The number of fused-ring (bicyclic) bond motifs is 2. The maximum Gasteiger partial charge on any atom is 0.253 e. The highest BCUT2D eigenvalue weighted by atomic mass is 16.1. The van der Waals surface area contributed by atoms with Crippen LogP contribution < -0.4 is 5.32 Å². The normalized spacial score (nSPS) is 16.5. The molecule has 1 aliphatic carbocycles. The largest absolute Gasteiger partial charge is 0.345 e. The molecule has 1 atom stereocenters. The van der Waals surface area contributed by atoms with E-state index in [0.29, 0.717) is 0 Å². The van der Waals surface area contributed by atoms with Crippen molar-refractivity contribution in [2.24, 2.45) is 0 Å². The fourth-order valence-corrected chi connectivity index (χ4v) is 4.06. The van der Waals surface area contributed by atoms with E-state index in [1.807, 2.05) is 24.4 Å². The fraction of sp³-hybridized carbons (Fsp3) is 0.348. The third-order valence-electron chi connectivity index (χ3n) is 5.50. The van der Waals surface area contributed by atoms with Gasteiger partial charge in [-0.1, -0.05) is 42.5 Å². The summed E-state index contributed by atoms with van der Waals surface area (Å²) < 4.78 is 2.19. The molecule has 0 saturated carbocycles. The summed E-state index contributed by atoms with van der Waals surface area (Å²) in [4.78, 5) is 15.3. The van der Waals surface area contributed by atoms with Gasteiger partial charge in [0.1, 0.15) is 0 Å². The number of aryl methyl sites for hydroxylation is 1. The van der Waals surface area contributed by atoms with E-state index in [9.17, 15) is 4.79 Å². The summed E-state index contributed by atoms with van der Waals surface area (Å²) in [5, 5.41) is 4.32. The van der Waals surface area contributed by atoms with Crippen LogP contribution in [0.5, 0.6) is 0 Å². The Hall–Kier alpha value is -2.59. The Morgan fingerprint density at radius 1 is 1.15 bits per heavy atom. The summed E-state index contributed by atoms with van der Waals surface area (Å²) in [7, 11) is 4.14. The zero-order valence-electron chi connectivity index (χ0n) is 16.1. The quantitative estimate of drug-likeness (QED) is 0.745. The number of hydrogen-bond donors (Lipinski definition) is 1. The Balaban J connectivity index is 1.62. The van der Waals surface area contributed by atoms with E-state index in [4.69, 9.17) is 0 Å². The number of nitrogens with one attached hydrogen (secondary N) is 1. The van der Waals surface area contributed by atoms with Crippen LogP contribution in [0.25, 0.3) is 10.9 Å². The molecule has 1 heterocycles. The first-order valence-electron chi connectivity index (χ1n) is 9.75.